The maximum atomic E-state index is 13.0. The van der Waals surface area contributed by atoms with Crippen molar-refractivity contribution in [1.82, 2.24) is 19.7 Å². The fourth-order valence-corrected chi connectivity index (χ4v) is 3.72. The molecule has 0 saturated heterocycles. The molecule has 5 aromatic rings. The van der Waals surface area contributed by atoms with Gasteiger partial charge in [-0.05, 0) is 48.0 Å². The molecule has 2 heterocycles. The Balaban J connectivity index is 1.49. The maximum Gasteiger partial charge on any atom is 0.416 e. The number of hydrogen-bond acceptors (Lipinski definition) is 5. The number of H-pyrrole nitrogens is 1. The first kappa shape index (κ1) is 22.6. The monoisotopic (exact) mass is 498 g/mol. The molecule has 3 aromatic carbocycles. The third kappa shape index (κ3) is 4.47. The Morgan fingerprint density at radius 2 is 1.74 bits per heavy atom. The number of rotatable bonds is 4. The van der Waals surface area contributed by atoms with Crippen LogP contribution in [0.2, 0.25) is 5.02 Å². The van der Waals surface area contributed by atoms with Crippen molar-refractivity contribution in [3.05, 3.63) is 104 Å². The quantitative estimate of drug-likeness (QED) is 0.371. The van der Waals surface area contributed by atoms with E-state index in [1.54, 1.807) is 30.3 Å². The highest BCUT2D eigenvalue weighted by atomic mass is 35.5. The van der Waals surface area contributed by atoms with Gasteiger partial charge in [0.05, 0.1) is 23.0 Å². The lowest BCUT2D eigenvalue weighted by atomic mass is 10.1. The first-order chi connectivity index (χ1) is 16.7. The molecule has 35 heavy (non-hydrogen) atoms. The predicted molar refractivity (Wildman–Crippen MR) is 123 cm³/mol. The summed E-state index contributed by atoms with van der Waals surface area (Å²) in [6.07, 6.45) is -4.51. The van der Waals surface area contributed by atoms with Gasteiger partial charge in [0.25, 0.3) is 11.4 Å². The lowest BCUT2D eigenvalue weighted by molar-refractivity contribution is -0.137. The third-order valence-electron chi connectivity index (χ3n) is 5.36. The Morgan fingerprint density at radius 1 is 0.971 bits per heavy atom. The van der Waals surface area contributed by atoms with Crippen molar-refractivity contribution < 1.29 is 17.7 Å². The molecule has 0 amide bonds. The number of halogens is 4. The van der Waals surface area contributed by atoms with Crippen molar-refractivity contribution in [2.24, 2.45) is 0 Å². The standard InChI is InChI=1S/C24H14ClF3N4O3/c25-17-7-4-13(5-8-17)12-32-22(33)18-9-6-15(11-19(18)29-23(32)34)21-30-20(31-35-21)14-2-1-3-16(10-14)24(26,27)28/h1-11H,12H2,(H,29,34). The lowest BCUT2D eigenvalue weighted by Gasteiger charge is -2.07. The van der Waals surface area contributed by atoms with Crippen LogP contribution in [0.4, 0.5) is 13.2 Å². The largest absolute Gasteiger partial charge is 0.416 e. The molecule has 0 unspecified atom stereocenters. The fourth-order valence-electron chi connectivity index (χ4n) is 3.60. The zero-order valence-corrected chi connectivity index (χ0v) is 18.4. The van der Waals surface area contributed by atoms with Gasteiger partial charge in [0, 0.05) is 16.1 Å². The number of nitrogens with one attached hydrogen (secondary N) is 1. The molecule has 11 heteroatoms. The summed E-state index contributed by atoms with van der Waals surface area (Å²) in [6.45, 7) is 0.0625. The summed E-state index contributed by atoms with van der Waals surface area (Å²) in [6, 6.07) is 15.9. The highest BCUT2D eigenvalue weighted by Crippen LogP contribution is 2.32. The van der Waals surface area contributed by atoms with Crippen molar-refractivity contribution in [2.75, 3.05) is 0 Å². The van der Waals surface area contributed by atoms with Crippen LogP contribution in [0.5, 0.6) is 0 Å². The average molecular weight is 499 g/mol. The van der Waals surface area contributed by atoms with Gasteiger partial charge in [-0.15, -0.1) is 0 Å². The Labute approximate surface area is 199 Å². The van der Waals surface area contributed by atoms with Crippen LogP contribution >= 0.6 is 11.6 Å². The second kappa shape index (κ2) is 8.55. The summed E-state index contributed by atoms with van der Waals surface area (Å²) in [4.78, 5) is 32.4. The average Bonchev–Trinajstić information content (AvgIpc) is 3.33. The van der Waals surface area contributed by atoms with Gasteiger partial charge in [0.1, 0.15) is 0 Å². The van der Waals surface area contributed by atoms with Gasteiger partial charge in [-0.3, -0.25) is 9.36 Å². The van der Waals surface area contributed by atoms with Crippen molar-refractivity contribution in [2.45, 2.75) is 12.7 Å². The van der Waals surface area contributed by atoms with Gasteiger partial charge in [-0.25, -0.2) is 4.79 Å². The van der Waals surface area contributed by atoms with Crippen LogP contribution in [0.1, 0.15) is 11.1 Å². The highest BCUT2D eigenvalue weighted by molar-refractivity contribution is 6.30. The highest BCUT2D eigenvalue weighted by Gasteiger charge is 2.30. The fraction of sp³-hybridized carbons (Fsp3) is 0.0833. The van der Waals surface area contributed by atoms with Crippen LogP contribution in [0, 0.1) is 0 Å². The molecule has 0 fully saturated rings. The third-order valence-corrected chi connectivity index (χ3v) is 5.61. The second-order valence-corrected chi connectivity index (χ2v) is 8.15. The predicted octanol–water partition coefficient (Wildman–Crippen LogP) is 5.13. The van der Waals surface area contributed by atoms with E-state index in [9.17, 15) is 22.8 Å². The molecule has 0 bridgehead atoms. The zero-order valence-electron chi connectivity index (χ0n) is 17.6. The van der Waals surface area contributed by atoms with E-state index < -0.39 is 23.0 Å². The van der Waals surface area contributed by atoms with Gasteiger partial charge in [-0.2, -0.15) is 18.2 Å². The molecule has 0 aliphatic rings. The minimum absolute atomic E-state index is 0.0190. The van der Waals surface area contributed by atoms with Gasteiger partial charge < -0.3 is 9.51 Å². The van der Waals surface area contributed by atoms with E-state index in [0.717, 1.165) is 22.3 Å². The van der Waals surface area contributed by atoms with E-state index in [2.05, 4.69) is 15.1 Å². The van der Waals surface area contributed by atoms with Crippen LogP contribution in [0.15, 0.2) is 80.8 Å². The molecular weight excluding hydrogens is 485 g/mol. The number of benzene rings is 3. The van der Waals surface area contributed by atoms with E-state index in [1.807, 2.05) is 0 Å². The van der Waals surface area contributed by atoms with Crippen molar-refractivity contribution in [3.8, 4) is 22.8 Å². The van der Waals surface area contributed by atoms with Crippen molar-refractivity contribution >= 4 is 22.5 Å². The van der Waals surface area contributed by atoms with Gasteiger partial charge >= 0.3 is 11.9 Å². The van der Waals surface area contributed by atoms with Crippen LogP contribution < -0.4 is 11.2 Å². The van der Waals surface area contributed by atoms with E-state index in [1.165, 1.54) is 24.3 Å². The molecule has 2 aromatic heterocycles. The Bertz CT molecular complexity index is 1670. The SMILES string of the molecule is O=c1[nH]c2cc(-c3nc(-c4cccc(C(F)(F)F)c4)no3)ccc2c(=O)n1Cc1ccc(Cl)cc1. The van der Waals surface area contributed by atoms with Gasteiger partial charge in [0.15, 0.2) is 0 Å². The van der Waals surface area contributed by atoms with Crippen LogP contribution in [0.3, 0.4) is 0 Å². The van der Waals surface area contributed by atoms with Crippen molar-refractivity contribution in [1.29, 1.82) is 0 Å². The molecule has 7 nitrogen and oxygen atoms in total. The first-order valence-corrected chi connectivity index (χ1v) is 10.6. The normalized spacial score (nSPS) is 11.8. The van der Waals surface area contributed by atoms with E-state index in [-0.39, 0.29) is 34.7 Å². The second-order valence-electron chi connectivity index (χ2n) is 7.71. The number of nitrogens with zero attached hydrogens (tertiary/aromatic N) is 3. The molecule has 0 aliphatic carbocycles. The lowest BCUT2D eigenvalue weighted by Crippen LogP contribution is -2.35. The molecule has 0 spiro atoms. The van der Waals surface area contributed by atoms with Crippen LogP contribution in [-0.4, -0.2) is 19.7 Å². The molecular formula is C24H14ClF3N4O3. The Hall–Kier alpha value is -4.18. The van der Waals surface area contributed by atoms with Crippen LogP contribution in [0.25, 0.3) is 33.7 Å². The summed E-state index contributed by atoms with van der Waals surface area (Å²) in [5.74, 6) is -0.0106. The molecule has 0 radical (unpaired) electrons. The van der Waals surface area contributed by atoms with Crippen molar-refractivity contribution in [3.63, 3.8) is 0 Å². The smallest absolute Gasteiger partial charge is 0.334 e. The number of hydrogen-bond donors (Lipinski definition) is 1. The summed E-state index contributed by atoms with van der Waals surface area (Å²) in [7, 11) is 0. The molecule has 0 aliphatic heterocycles. The topological polar surface area (TPSA) is 93.8 Å². The molecule has 0 atom stereocenters. The minimum atomic E-state index is -4.51. The maximum absolute atomic E-state index is 13.0. The summed E-state index contributed by atoms with van der Waals surface area (Å²) < 4.78 is 45.3. The minimum Gasteiger partial charge on any atom is -0.334 e. The number of aromatic nitrogens is 4. The summed E-state index contributed by atoms with van der Waals surface area (Å²) in [5.41, 5.74) is -0.429. The number of fused-ring (bicyclic) bond motifs is 1. The summed E-state index contributed by atoms with van der Waals surface area (Å²) in [5, 5.41) is 4.57. The van der Waals surface area contributed by atoms with Crippen LogP contribution in [-0.2, 0) is 12.7 Å². The number of alkyl halides is 3. The molecule has 1 N–H and O–H groups in total. The Morgan fingerprint density at radius 3 is 2.49 bits per heavy atom. The number of aromatic amines is 1. The molecule has 5 rings (SSSR count). The van der Waals surface area contributed by atoms with E-state index in [0.29, 0.717) is 10.6 Å². The van der Waals surface area contributed by atoms with E-state index in [4.69, 9.17) is 16.1 Å². The summed E-state index contributed by atoms with van der Waals surface area (Å²) >= 11 is 5.88. The first-order valence-electron chi connectivity index (χ1n) is 10.2. The van der Waals surface area contributed by atoms with Gasteiger partial charge in [0.2, 0.25) is 5.82 Å². The van der Waals surface area contributed by atoms with E-state index >= 15 is 0 Å². The van der Waals surface area contributed by atoms with Gasteiger partial charge in [-0.1, -0.05) is 41.0 Å². The molecule has 176 valence electrons. The Kier molecular flexibility index (Phi) is 5.52. The zero-order chi connectivity index (χ0) is 24.7. The molecule has 0 saturated carbocycles.